The number of carbonyl (C=O) groups is 1. The number of thiazole rings is 1. The fourth-order valence-electron chi connectivity index (χ4n) is 3.32. The Morgan fingerprint density at radius 3 is 3.06 bits per heavy atom. The molecular weight excluding hydrogens is 244 g/mol. The molecule has 1 aromatic heterocycles. The maximum Gasteiger partial charge on any atom is 0.156 e. The van der Waals surface area contributed by atoms with Crippen molar-refractivity contribution in [1.82, 2.24) is 10.3 Å². The van der Waals surface area contributed by atoms with Crippen LogP contribution in [0.5, 0.6) is 0 Å². The number of nitrogens with one attached hydrogen (secondary N) is 1. The molecule has 1 aliphatic carbocycles. The van der Waals surface area contributed by atoms with Crippen molar-refractivity contribution in [3.05, 3.63) is 16.1 Å². The lowest BCUT2D eigenvalue weighted by atomic mass is 9.85. The first kappa shape index (κ1) is 12.3. The zero-order valence-corrected chi connectivity index (χ0v) is 11.6. The van der Waals surface area contributed by atoms with Crippen molar-refractivity contribution in [3.63, 3.8) is 0 Å². The van der Waals surface area contributed by atoms with Crippen molar-refractivity contribution < 1.29 is 4.79 Å². The standard InChI is InChI=1S/C14H20N2OS/c1-9-8-18-14(15-9)7-13(17)12-6-10-4-2-3-5-11(10)16-12/h8,10-12,16H,2-7H2,1H3. The lowest BCUT2D eigenvalue weighted by Crippen LogP contribution is -2.37. The van der Waals surface area contributed by atoms with Gasteiger partial charge < -0.3 is 5.32 Å². The van der Waals surface area contributed by atoms with E-state index >= 15 is 0 Å². The van der Waals surface area contributed by atoms with Gasteiger partial charge in [-0.15, -0.1) is 11.3 Å². The van der Waals surface area contributed by atoms with E-state index < -0.39 is 0 Å². The van der Waals surface area contributed by atoms with Gasteiger partial charge in [0.1, 0.15) is 5.01 Å². The topological polar surface area (TPSA) is 42.0 Å². The second-order valence-electron chi connectivity index (χ2n) is 5.63. The van der Waals surface area contributed by atoms with Crippen LogP contribution in [0.15, 0.2) is 5.38 Å². The van der Waals surface area contributed by atoms with E-state index in [1.165, 1.54) is 25.7 Å². The summed E-state index contributed by atoms with van der Waals surface area (Å²) < 4.78 is 0. The molecule has 1 aliphatic heterocycles. The molecule has 1 aromatic rings. The molecule has 1 saturated carbocycles. The van der Waals surface area contributed by atoms with E-state index in [1.54, 1.807) is 11.3 Å². The van der Waals surface area contributed by atoms with E-state index in [-0.39, 0.29) is 6.04 Å². The molecule has 18 heavy (non-hydrogen) atoms. The van der Waals surface area contributed by atoms with E-state index in [0.717, 1.165) is 23.0 Å². The number of carbonyl (C=O) groups excluding carboxylic acids is 1. The summed E-state index contributed by atoms with van der Waals surface area (Å²) in [4.78, 5) is 16.7. The van der Waals surface area contributed by atoms with Gasteiger partial charge in [-0.3, -0.25) is 4.79 Å². The predicted molar refractivity (Wildman–Crippen MR) is 72.8 cm³/mol. The van der Waals surface area contributed by atoms with Gasteiger partial charge in [0.15, 0.2) is 5.78 Å². The average Bonchev–Trinajstić information content (AvgIpc) is 2.95. The molecular formula is C14H20N2OS. The van der Waals surface area contributed by atoms with Crippen LogP contribution in [0.25, 0.3) is 0 Å². The molecule has 1 saturated heterocycles. The second kappa shape index (κ2) is 5.10. The third-order valence-electron chi connectivity index (χ3n) is 4.24. The fraction of sp³-hybridized carbons (Fsp3) is 0.714. The highest BCUT2D eigenvalue weighted by atomic mass is 32.1. The molecule has 4 heteroatoms. The molecule has 3 rings (SSSR count). The van der Waals surface area contributed by atoms with Crippen molar-refractivity contribution in [3.8, 4) is 0 Å². The number of rotatable bonds is 3. The SMILES string of the molecule is Cc1csc(CC(=O)C2CC3CCCCC3N2)n1. The highest BCUT2D eigenvalue weighted by molar-refractivity contribution is 7.09. The van der Waals surface area contributed by atoms with E-state index in [0.29, 0.717) is 18.2 Å². The first-order valence-corrected chi connectivity index (χ1v) is 7.80. The van der Waals surface area contributed by atoms with Crippen molar-refractivity contribution in [2.24, 2.45) is 5.92 Å². The third kappa shape index (κ3) is 2.50. The van der Waals surface area contributed by atoms with E-state index in [1.807, 2.05) is 12.3 Å². The highest BCUT2D eigenvalue weighted by Crippen LogP contribution is 2.33. The van der Waals surface area contributed by atoms with E-state index in [4.69, 9.17) is 0 Å². The fourth-order valence-corrected chi connectivity index (χ4v) is 4.10. The molecule has 2 aliphatic rings. The zero-order chi connectivity index (χ0) is 12.5. The van der Waals surface area contributed by atoms with Crippen LogP contribution < -0.4 is 5.32 Å². The molecule has 0 radical (unpaired) electrons. The molecule has 0 amide bonds. The maximum absolute atomic E-state index is 12.3. The molecule has 98 valence electrons. The number of fused-ring (bicyclic) bond motifs is 1. The molecule has 0 bridgehead atoms. The Kier molecular flexibility index (Phi) is 3.48. The van der Waals surface area contributed by atoms with Crippen LogP contribution in [0.3, 0.4) is 0 Å². The molecule has 1 N–H and O–H groups in total. The molecule has 2 heterocycles. The van der Waals surface area contributed by atoms with Gasteiger partial charge in [0.25, 0.3) is 0 Å². The van der Waals surface area contributed by atoms with Gasteiger partial charge in [-0.2, -0.15) is 0 Å². The summed E-state index contributed by atoms with van der Waals surface area (Å²) in [6.07, 6.45) is 6.78. The lowest BCUT2D eigenvalue weighted by Gasteiger charge is -2.24. The Morgan fingerprint density at radius 1 is 1.50 bits per heavy atom. The van der Waals surface area contributed by atoms with Gasteiger partial charge in [-0.1, -0.05) is 12.8 Å². The van der Waals surface area contributed by atoms with Crippen LogP contribution in [0.2, 0.25) is 0 Å². The zero-order valence-electron chi connectivity index (χ0n) is 10.8. The summed E-state index contributed by atoms with van der Waals surface area (Å²) in [5, 5.41) is 6.53. The van der Waals surface area contributed by atoms with E-state index in [2.05, 4.69) is 10.3 Å². The smallest absolute Gasteiger partial charge is 0.156 e. The minimum atomic E-state index is 0.0855. The van der Waals surface area contributed by atoms with Crippen LogP contribution >= 0.6 is 11.3 Å². The van der Waals surface area contributed by atoms with Crippen molar-refractivity contribution in [1.29, 1.82) is 0 Å². The molecule has 0 spiro atoms. The summed E-state index contributed by atoms with van der Waals surface area (Å²) >= 11 is 1.60. The minimum Gasteiger partial charge on any atom is -0.304 e. The molecule has 0 aromatic carbocycles. The predicted octanol–water partition coefficient (Wildman–Crippen LogP) is 2.48. The minimum absolute atomic E-state index is 0.0855. The monoisotopic (exact) mass is 264 g/mol. The Balaban J connectivity index is 1.60. The van der Waals surface area contributed by atoms with Gasteiger partial charge in [0.05, 0.1) is 12.5 Å². The Bertz CT molecular complexity index is 429. The number of hydrogen-bond acceptors (Lipinski definition) is 4. The van der Waals surface area contributed by atoms with E-state index in [9.17, 15) is 4.79 Å². The Hall–Kier alpha value is -0.740. The highest BCUT2D eigenvalue weighted by Gasteiger charge is 2.37. The Morgan fingerprint density at radius 2 is 2.33 bits per heavy atom. The van der Waals surface area contributed by atoms with Gasteiger partial charge in [0, 0.05) is 17.1 Å². The third-order valence-corrected chi connectivity index (χ3v) is 5.21. The molecule has 3 atom stereocenters. The van der Waals surface area contributed by atoms with Gasteiger partial charge in [0.2, 0.25) is 0 Å². The lowest BCUT2D eigenvalue weighted by molar-refractivity contribution is -0.120. The first-order valence-electron chi connectivity index (χ1n) is 6.92. The largest absolute Gasteiger partial charge is 0.304 e. The number of Topliss-reactive ketones (excluding diaryl/α,β-unsaturated/α-hetero) is 1. The van der Waals surface area contributed by atoms with Gasteiger partial charge in [-0.05, 0) is 32.1 Å². The summed E-state index contributed by atoms with van der Waals surface area (Å²) in [6, 6.07) is 0.688. The number of nitrogens with zero attached hydrogens (tertiary/aromatic N) is 1. The summed E-state index contributed by atoms with van der Waals surface area (Å²) in [5.41, 5.74) is 1.02. The van der Waals surface area contributed by atoms with Crippen LogP contribution in [0, 0.1) is 12.8 Å². The van der Waals surface area contributed by atoms with Crippen molar-refractivity contribution >= 4 is 17.1 Å². The molecule has 3 nitrogen and oxygen atoms in total. The second-order valence-corrected chi connectivity index (χ2v) is 6.57. The molecule has 3 unspecified atom stereocenters. The summed E-state index contributed by atoms with van der Waals surface area (Å²) in [5.74, 6) is 1.07. The Labute approximate surface area is 112 Å². The van der Waals surface area contributed by atoms with Crippen molar-refractivity contribution in [2.45, 2.75) is 57.5 Å². The van der Waals surface area contributed by atoms with Crippen molar-refractivity contribution in [2.75, 3.05) is 0 Å². The quantitative estimate of drug-likeness (QED) is 0.912. The number of hydrogen-bond donors (Lipinski definition) is 1. The van der Waals surface area contributed by atoms with Crippen LogP contribution in [-0.4, -0.2) is 22.9 Å². The van der Waals surface area contributed by atoms with Gasteiger partial charge >= 0.3 is 0 Å². The van der Waals surface area contributed by atoms with Gasteiger partial charge in [-0.25, -0.2) is 4.98 Å². The van der Waals surface area contributed by atoms with Crippen LogP contribution in [0.4, 0.5) is 0 Å². The maximum atomic E-state index is 12.3. The normalized spacial score (nSPS) is 31.3. The summed E-state index contributed by atoms with van der Waals surface area (Å²) in [7, 11) is 0. The van der Waals surface area contributed by atoms with Crippen LogP contribution in [0.1, 0.15) is 42.8 Å². The number of aromatic nitrogens is 1. The summed E-state index contributed by atoms with van der Waals surface area (Å²) in [6.45, 7) is 1.98. The number of ketones is 1. The molecule has 2 fully saturated rings. The number of aryl methyl sites for hydroxylation is 1. The van der Waals surface area contributed by atoms with Crippen LogP contribution in [-0.2, 0) is 11.2 Å². The average molecular weight is 264 g/mol. The first-order chi connectivity index (χ1) is 8.72.